The first-order valence-electron chi connectivity index (χ1n) is 5.80. The van der Waals surface area contributed by atoms with Crippen LogP contribution in [0.3, 0.4) is 0 Å². The van der Waals surface area contributed by atoms with E-state index in [1.165, 1.54) is 6.07 Å². The van der Waals surface area contributed by atoms with Gasteiger partial charge in [0.05, 0.1) is 10.2 Å². The molecule has 0 spiro atoms. The van der Waals surface area contributed by atoms with E-state index in [0.29, 0.717) is 10.4 Å². The van der Waals surface area contributed by atoms with Gasteiger partial charge in [0, 0.05) is 18.9 Å². The van der Waals surface area contributed by atoms with Crippen molar-refractivity contribution in [2.24, 2.45) is 5.92 Å². The number of nitrogens with one attached hydrogen (secondary N) is 1. The number of hydrogen-bond acceptors (Lipinski definition) is 2. The van der Waals surface area contributed by atoms with Crippen LogP contribution < -0.4 is 5.32 Å². The van der Waals surface area contributed by atoms with E-state index in [2.05, 4.69) is 40.1 Å². The van der Waals surface area contributed by atoms with Crippen LogP contribution in [0.5, 0.6) is 0 Å². The molecule has 1 N–H and O–H groups in total. The van der Waals surface area contributed by atoms with Crippen LogP contribution in [0.2, 0.25) is 0 Å². The second-order valence-corrected chi connectivity index (χ2v) is 5.35. The van der Waals surface area contributed by atoms with Crippen molar-refractivity contribution in [3.8, 4) is 5.69 Å². The Morgan fingerprint density at radius 1 is 1.44 bits per heavy atom. The molecule has 5 heteroatoms. The monoisotopic (exact) mass is 311 g/mol. The Balaban J connectivity index is 2.27. The molecule has 0 aliphatic carbocycles. The lowest BCUT2D eigenvalue weighted by Gasteiger charge is -2.11. The zero-order valence-electron chi connectivity index (χ0n) is 10.3. The fourth-order valence-electron chi connectivity index (χ4n) is 1.57. The molecule has 0 unspecified atom stereocenters. The molecule has 1 aromatic carbocycles. The Labute approximate surface area is 114 Å². The summed E-state index contributed by atoms with van der Waals surface area (Å²) in [5, 5.41) is 3.24. The van der Waals surface area contributed by atoms with Gasteiger partial charge in [-0.15, -0.1) is 0 Å². The molecule has 3 nitrogen and oxygen atoms in total. The molecule has 0 aliphatic heterocycles. The van der Waals surface area contributed by atoms with Crippen LogP contribution >= 0.6 is 15.9 Å². The Morgan fingerprint density at radius 3 is 2.89 bits per heavy atom. The highest BCUT2D eigenvalue weighted by molar-refractivity contribution is 9.10. The van der Waals surface area contributed by atoms with Gasteiger partial charge in [-0.2, -0.15) is 0 Å². The number of imidazole rings is 1. The first-order chi connectivity index (χ1) is 8.58. The second-order valence-electron chi connectivity index (χ2n) is 4.49. The lowest BCUT2D eigenvalue weighted by molar-refractivity contribution is 0.620. The van der Waals surface area contributed by atoms with Crippen molar-refractivity contribution in [3.05, 3.63) is 40.9 Å². The van der Waals surface area contributed by atoms with Crippen molar-refractivity contribution in [3.63, 3.8) is 0 Å². The largest absolute Gasteiger partial charge is 0.355 e. The summed E-state index contributed by atoms with van der Waals surface area (Å²) in [6, 6.07) is 5.01. The van der Waals surface area contributed by atoms with Crippen LogP contribution in [0, 0.1) is 11.7 Å². The molecular weight excluding hydrogens is 297 g/mol. The molecular formula is C13H15BrFN3. The first-order valence-corrected chi connectivity index (χ1v) is 6.60. The molecule has 18 heavy (non-hydrogen) atoms. The standard InChI is InChI=1S/C13H15BrFN3/c1-9(2)8-17-13-16-5-6-18(13)10-3-4-11(14)12(15)7-10/h3-7,9H,8H2,1-2H3,(H,16,17). The van der Waals surface area contributed by atoms with E-state index in [9.17, 15) is 4.39 Å². The van der Waals surface area contributed by atoms with E-state index in [-0.39, 0.29) is 5.82 Å². The first kappa shape index (κ1) is 13.1. The summed E-state index contributed by atoms with van der Waals surface area (Å²) < 4.78 is 15.8. The third kappa shape index (κ3) is 2.90. The smallest absolute Gasteiger partial charge is 0.207 e. The predicted molar refractivity (Wildman–Crippen MR) is 74.5 cm³/mol. The molecule has 0 saturated heterocycles. The van der Waals surface area contributed by atoms with E-state index >= 15 is 0 Å². The number of hydrogen-bond donors (Lipinski definition) is 1. The fraction of sp³-hybridized carbons (Fsp3) is 0.308. The van der Waals surface area contributed by atoms with Crippen LogP contribution in [-0.2, 0) is 0 Å². The van der Waals surface area contributed by atoms with Gasteiger partial charge in [0.2, 0.25) is 5.95 Å². The quantitative estimate of drug-likeness (QED) is 0.929. The van der Waals surface area contributed by atoms with Gasteiger partial charge in [0.1, 0.15) is 5.82 Å². The summed E-state index contributed by atoms with van der Waals surface area (Å²) in [4.78, 5) is 4.23. The van der Waals surface area contributed by atoms with Crippen LogP contribution in [0.1, 0.15) is 13.8 Å². The Morgan fingerprint density at radius 2 is 2.22 bits per heavy atom. The van der Waals surface area contributed by atoms with Crippen molar-refractivity contribution in [2.75, 3.05) is 11.9 Å². The molecule has 2 aromatic rings. The molecule has 1 heterocycles. The maximum Gasteiger partial charge on any atom is 0.207 e. The molecule has 0 amide bonds. The molecule has 96 valence electrons. The molecule has 0 radical (unpaired) electrons. The molecule has 1 aromatic heterocycles. The van der Waals surface area contributed by atoms with Gasteiger partial charge in [-0.05, 0) is 40.0 Å². The zero-order valence-corrected chi connectivity index (χ0v) is 11.9. The van der Waals surface area contributed by atoms with Crippen LogP contribution in [0.4, 0.5) is 10.3 Å². The number of aromatic nitrogens is 2. The van der Waals surface area contributed by atoms with Crippen molar-refractivity contribution < 1.29 is 4.39 Å². The minimum atomic E-state index is -0.281. The van der Waals surface area contributed by atoms with Gasteiger partial charge < -0.3 is 5.32 Å². The van der Waals surface area contributed by atoms with Gasteiger partial charge in [-0.25, -0.2) is 9.37 Å². The van der Waals surface area contributed by atoms with E-state index in [1.807, 2.05) is 16.8 Å². The maximum absolute atomic E-state index is 13.5. The maximum atomic E-state index is 13.5. The summed E-state index contributed by atoms with van der Waals surface area (Å²) in [6.07, 6.45) is 3.51. The number of nitrogens with zero attached hydrogens (tertiary/aromatic N) is 2. The summed E-state index contributed by atoms with van der Waals surface area (Å²) in [5.74, 6) is 0.971. The van der Waals surface area contributed by atoms with E-state index < -0.39 is 0 Å². The van der Waals surface area contributed by atoms with E-state index in [0.717, 1.165) is 18.2 Å². The average molecular weight is 312 g/mol. The number of halogens is 2. The van der Waals surface area contributed by atoms with Gasteiger partial charge in [0.25, 0.3) is 0 Å². The Bertz CT molecular complexity index is 537. The number of benzene rings is 1. The van der Waals surface area contributed by atoms with Crippen molar-refractivity contribution in [2.45, 2.75) is 13.8 Å². The fourth-order valence-corrected chi connectivity index (χ4v) is 1.82. The molecule has 0 fully saturated rings. The van der Waals surface area contributed by atoms with Gasteiger partial charge in [-0.3, -0.25) is 4.57 Å². The second kappa shape index (κ2) is 5.52. The van der Waals surface area contributed by atoms with Crippen LogP contribution in [0.15, 0.2) is 35.1 Å². The number of rotatable bonds is 4. The van der Waals surface area contributed by atoms with Crippen LogP contribution in [-0.4, -0.2) is 16.1 Å². The minimum absolute atomic E-state index is 0.281. The summed E-state index contributed by atoms with van der Waals surface area (Å²) >= 11 is 3.15. The van der Waals surface area contributed by atoms with Gasteiger partial charge >= 0.3 is 0 Å². The molecule has 2 rings (SSSR count). The average Bonchev–Trinajstić information content (AvgIpc) is 2.78. The molecule has 0 atom stereocenters. The highest BCUT2D eigenvalue weighted by Crippen LogP contribution is 2.21. The van der Waals surface area contributed by atoms with Crippen molar-refractivity contribution in [1.29, 1.82) is 0 Å². The van der Waals surface area contributed by atoms with Gasteiger partial charge in [0.15, 0.2) is 0 Å². The molecule has 0 bridgehead atoms. The highest BCUT2D eigenvalue weighted by atomic mass is 79.9. The molecule has 0 saturated carbocycles. The number of anilines is 1. The summed E-state index contributed by atoms with van der Waals surface area (Å²) in [7, 11) is 0. The lowest BCUT2D eigenvalue weighted by Crippen LogP contribution is -2.12. The Kier molecular flexibility index (Phi) is 4.01. The normalized spacial score (nSPS) is 10.9. The third-order valence-corrected chi connectivity index (χ3v) is 3.13. The lowest BCUT2D eigenvalue weighted by atomic mass is 10.2. The molecule has 0 aliphatic rings. The van der Waals surface area contributed by atoms with Crippen LogP contribution in [0.25, 0.3) is 5.69 Å². The summed E-state index contributed by atoms with van der Waals surface area (Å²) in [6.45, 7) is 5.08. The highest BCUT2D eigenvalue weighted by Gasteiger charge is 2.07. The Hall–Kier alpha value is -1.36. The van der Waals surface area contributed by atoms with E-state index in [1.54, 1.807) is 12.3 Å². The van der Waals surface area contributed by atoms with Crippen molar-refractivity contribution >= 4 is 21.9 Å². The van der Waals surface area contributed by atoms with Gasteiger partial charge in [-0.1, -0.05) is 13.8 Å². The zero-order chi connectivity index (χ0) is 13.1. The third-order valence-electron chi connectivity index (χ3n) is 2.49. The summed E-state index contributed by atoms with van der Waals surface area (Å²) in [5.41, 5.74) is 0.749. The minimum Gasteiger partial charge on any atom is -0.355 e. The van der Waals surface area contributed by atoms with Crippen molar-refractivity contribution in [1.82, 2.24) is 9.55 Å². The topological polar surface area (TPSA) is 29.9 Å². The van der Waals surface area contributed by atoms with E-state index in [4.69, 9.17) is 0 Å². The SMILES string of the molecule is CC(C)CNc1nccn1-c1ccc(Br)c(F)c1. The predicted octanol–water partition coefficient (Wildman–Crippen LogP) is 3.84.